The predicted octanol–water partition coefficient (Wildman–Crippen LogP) is 3.86. The molecular formula is C19H21F2N5O3. The first kappa shape index (κ1) is 20.3. The van der Waals surface area contributed by atoms with Crippen molar-refractivity contribution in [2.75, 3.05) is 12.4 Å². The number of amides is 2. The van der Waals surface area contributed by atoms with Crippen LogP contribution in [-0.2, 0) is 0 Å². The quantitative estimate of drug-likeness (QED) is 0.623. The molecule has 29 heavy (non-hydrogen) atoms. The second-order valence-electron chi connectivity index (χ2n) is 6.55. The van der Waals surface area contributed by atoms with Crippen LogP contribution in [0.1, 0.15) is 25.7 Å². The largest absolute Gasteiger partial charge is 0.493 e. The number of methoxy groups -OCH3 is 1. The molecule has 1 atom stereocenters. The van der Waals surface area contributed by atoms with Gasteiger partial charge in [-0.3, -0.25) is 4.40 Å². The average Bonchev–Trinajstić information content (AvgIpc) is 3.09. The molecule has 0 aliphatic rings. The zero-order chi connectivity index (χ0) is 21.0. The fraction of sp³-hybridized carbons (Fsp3) is 0.316. The Hall–Kier alpha value is -3.43. The lowest BCUT2D eigenvalue weighted by molar-refractivity contribution is -0.0511. The number of rotatable bonds is 7. The Kier molecular flexibility index (Phi) is 6.10. The highest BCUT2D eigenvalue weighted by Crippen LogP contribution is 2.31. The summed E-state index contributed by atoms with van der Waals surface area (Å²) < 4.78 is 36.4. The maximum absolute atomic E-state index is 12.6. The van der Waals surface area contributed by atoms with Gasteiger partial charge in [-0.15, -0.1) is 10.2 Å². The van der Waals surface area contributed by atoms with Gasteiger partial charge in [-0.1, -0.05) is 19.9 Å². The molecule has 0 fully saturated rings. The molecule has 0 radical (unpaired) electrons. The zero-order valence-electron chi connectivity index (χ0n) is 16.1. The number of anilines is 1. The van der Waals surface area contributed by atoms with Crippen molar-refractivity contribution in [1.29, 1.82) is 0 Å². The summed E-state index contributed by atoms with van der Waals surface area (Å²) >= 11 is 0. The average molecular weight is 405 g/mol. The highest BCUT2D eigenvalue weighted by molar-refractivity contribution is 5.90. The maximum atomic E-state index is 12.6. The van der Waals surface area contributed by atoms with Crippen LogP contribution in [-0.4, -0.2) is 34.4 Å². The number of urea groups is 1. The van der Waals surface area contributed by atoms with E-state index in [4.69, 9.17) is 4.74 Å². The van der Waals surface area contributed by atoms with E-state index in [1.54, 1.807) is 4.40 Å². The van der Waals surface area contributed by atoms with Gasteiger partial charge in [0, 0.05) is 18.0 Å². The summed E-state index contributed by atoms with van der Waals surface area (Å²) in [6, 6.07) is 8.77. The summed E-state index contributed by atoms with van der Waals surface area (Å²) in [6.07, 6.45) is 1.82. The molecule has 1 unspecified atom stereocenters. The van der Waals surface area contributed by atoms with Crippen LogP contribution in [0.4, 0.5) is 19.3 Å². The van der Waals surface area contributed by atoms with Crippen LogP contribution >= 0.6 is 0 Å². The summed E-state index contributed by atoms with van der Waals surface area (Å²) in [5.74, 6) is 0.555. The smallest absolute Gasteiger partial charge is 0.387 e. The minimum atomic E-state index is -3.01. The third-order valence-corrected chi connectivity index (χ3v) is 4.21. The highest BCUT2D eigenvalue weighted by atomic mass is 19.3. The SMILES string of the molecule is COc1ccc(NC(=O)NC(c2nnc3ccccn23)C(C)C)cc1OC(F)F. The van der Waals surface area contributed by atoms with Crippen LogP contribution in [0.5, 0.6) is 11.5 Å². The van der Waals surface area contributed by atoms with Crippen molar-refractivity contribution in [3.8, 4) is 11.5 Å². The number of ether oxygens (including phenoxy) is 2. The summed E-state index contributed by atoms with van der Waals surface area (Å²) in [6.45, 7) is 0.868. The predicted molar refractivity (Wildman–Crippen MR) is 102 cm³/mol. The van der Waals surface area contributed by atoms with E-state index in [-0.39, 0.29) is 23.1 Å². The van der Waals surface area contributed by atoms with Crippen molar-refractivity contribution < 1.29 is 23.0 Å². The first-order valence-corrected chi connectivity index (χ1v) is 8.89. The Labute approximate surface area is 165 Å². The second kappa shape index (κ2) is 8.72. The van der Waals surface area contributed by atoms with E-state index in [1.807, 2.05) is 38.2 Å². The first-order chi connectivity index (χ1) is 13.9. The minimum Gasteiger partial charge on any atom is -0.493 e. The molecular weight excluding hydrogens is 384 g/mol. The molecule has 2 N–H and O–H groups in total. The van der Waals surface area contributed by atoms with E-state index in [0.29, 0.717) is 11.5 Å². The van der Waals surface area contributed by atoms with Gasteiger partial charge >= 0.3 is 12.6 Å². The Morgan fingerprint density at radius 2 is 1.93 bits per heavy atom. The summed E-state index contributed by atoms with van der Waals surface area (Å²) in [7, 11) is 1.34. The van der Waals surface area contributed by atoms with Gasteiger partial charge in [0.05, 0.1) is 13.2 Å². The molecule has 2 amide bonds. The van der Waals surface area contributed by atoms with Crippen molar-refractivity contribution in [2.24, 2.45) is 5.92 Å². The van der Waals surface area contributed by atoms with Gasteiger partial charge in [0.25, 0.3) is 0 Å². The van der Waals surface area contributed by atoms with E-state index in [0.717, 1.165) is 0 Å². The number of pyridine rings is 1. The van der Waals surface area contributed by atoms with E-state index < -0.39 is 18.7 Å². The van der Waals surface area contributed by atoms with Crippen molar-refractivity contribution in [2.45, 2.75) is 26.5 Å². The molecule has 0 aliphatic heterocycles. The standard InChI is InChI=1S/C19H21F2N5O3/c1-11(2)16(17-25-24-15-6-4-5-9-26(15)17)23-19(27)22-12-7-8-13(28-3)14(10-12)29-18(20)21/h4-11,16,18H,1-3H3,(H2,22,23,27). The number of halogens is 2. The molecule has 0 spiro atoms. The lowest BCUT2D eigenvalue weighted by atomic mass is 10.0. The third kappa shape index (κ3) is 4.71. The van der Waals surface area contributed by atoms with E-state index in [9.17, 15) is 13.6 Å². The number of aromatic nitrogens is 3. The number of alkyl halides is 2. The molecule has 1 aromatic carbocycles. The molecule has 154 valence electrons. The number of hydrogen-bond acceptors (Lipinski definition) is 5. The molecule has 2 aromatic heterocycles. The number of nitrogens with one attached hydrogen (secondary N) is 2. The molecule has 0 bridgehead atoms. The van der Waals surface area contributed by atoms with Crippen molar-refractivity contribution >= 4 is 17.4 Å². The lowest BCUT2D eigenvalue weighted by Gasteiger charge is -2.21. The summed E-state index contributed by atoms with van der Waals surface area (Å²) in [4.78, 5) is 12.5. The second-order valence-corrected chi connectivity index (χ2v) is 6.55. The van der Waals surface area contributed by atoms with Crippen molar-refractivity contribution in [1.82, 2.24) is 19.9 Å². The van der Waals surface area contributed by atoms with Gasteiger partial charge in [-0.25, -0.2) is 4.79 Å². The topological polar surface area (TPSA) is 89.8 Å². The number of hydrogen-bond donors (Lipinski definition) is 2. The summed E-state index contributed by atoms with van der Waals surface area (Å²) in [5.41, 5.74) is 0.937. The van der Waals surface area contributed by atoms with E-state index >= 15 is 0 Å². The van der Waals surface area contributed by atoms with Gasteiger partial charge in [0.1, 0.15) is 0 Å². The molecule has 0 saturated carbocycles. The Bertz CT molecular complexity index is 993. The van der Waals surface area contributed by atoms with Crippen LogP contribution in [0.25, 0.3) is 5.65 Å². The molecule has 3 aromatic rings. The van der Waals surface area contributed by atoms with Gasteiger partial charge in [-0.2, -0.15) is 8.78 Å². The van der Waals surface area contributed by atoms with Crippen LogP contribution < -0.4 is 20.1 Å². The lowest BCUT2D eigenvalue weighted by Crippen LogP contribution is -2.36. The van der Waals surface area contributed by atoms with Crippen LogP contribution in [0, 0.1) is 5.92 Å². The van der Waals surface area contributed by atoms with E-state index in [2.05, 4.69) is 25.6 Å². The Morgan fingerprint density at radius 1 is 1.14 bits per heavy atom. The van der Waals surface area contributed by atoms with Gasteiger partial charge < -0.3 is 20.1 Å². The number of benzene rings is 1. The Balaban J connectivity index is 1.78. The minimum absolute atomic E-state index is 0.0157. The van der Waals surface area contributed by atoms with Gasteiger partial charge in [0.15, 0.2) is 23.0 Å². The zero-order valence-corrected chi connectivity index (χ0v) is 16.1. The fourth-order valence-corrected chi connectivity index (χ4v) is 2.85. The van der Waals surface area contributed by atoms with E-state index in [1.165, 1.54) is 25.3 Å². The first-order valence-electron chi connectivity index (χ1n) is 8.89. The monoisotopic (exact) mass is 405 g/mol. The van der Waals surface area contributed by atoms with Crippen molar-refractivity contribution in [3.63, 3.8) is 0 Å². The molecule has 8 nitrogen and oxygen atoms in total. The Morgan fingerprint density at radius 3 is 2.62 bits per heavy atom. The number of carbonyl (C=O) groups excluding carboxylic acids is 1. The highest BCUT2D eigenvalue weighted by Gasteiger charge is 2.24. The molecule has 2 heterocycles. The summed E-state index contributed by atoms with van der Waals surface area (Å²) in [5, 5.41) is 13.8. The molecule has 3 rings (SSSR count). The molecule has 10 heteroatoms. The molecule has 0 saturated heterocycles. The number of fused-ring (bicyclic) bond motifs is 1. The maximum Gasteiger partial charge on any atom is 0.387 e. The normalized spacial score (nSPS) is 12.2. The number of carbonyl (C=O) groups is 1. The van der Waals surface area contributed by atoms with Gasteiger partial charge in [0.2, 0.25) is 0 Å². The van der Waals surface area contributed by atoms with Crippen LogP contribution in [0.15, 0.2) is 42.6 Å². The van der Waals surface area contributed by atoms with Crippen molar-refractivity contribution in [3.05, 3.63) is 48.4 Å². The van der Waals surface area contributed by atoms with Gasteiger partial charge in [-0.05, 0) is 30.2 Å². The van der Waals surface area contributed by atoms with Crippen LogP contribution in [0.2, 0.25) is 0 Å². The fourth-order valence-electron chi connectivity index (χ4n) is 2.85. The van der Waals surface area contributed by atoms with Crippen LogP contribution in [0.3, 0.4) is 0 Å². The number of nitrogens with zero attached hydrogens (tertiary/aromatic N) is 3. The molecule has 0 aliphatic carbocycles. The third-order valence-electron chi connectivity index (χ3n) is 4.21.